The van der Waals surface area contributed by atoms with Crippen LogP contribution in [0.1, 0.15) is 11.1 Å². The molecule has 0 N–H and O–H groups in total. The van der Waals surface area contributed by atoms with E-state index in [2.05, 4.69) is 0 Å². The molecule has 0 radical (unpaired) electrons. The standard InChI is InChI=1S/C26H38O11S2/c1-23-3-7-25(8-4-23)38(27,28)36-21-19-34-17-15-32-13-11-31-12-14-33-16-18-35-20-22-37-39(29,30)26-9-5-24(2)6-10-26/h3-10H,11-22H2,1-2H3. The molecule has 0 aliphatic heterocycles. The van der Waals surface area contributed by atoms with Gasteiger partial charge in [0.05, 0.1) is 89.1 Å². The van der Waals surface area contributed by atoms with E-state index in [1.54, 1.807) is 24.3 Å². The van der Waals surface area contributed by atoms with Crippen molar-refractivity contribution >= 4 is 20.2 Å². The molecule has 0 aliphatic carbocycles. The Labute approximate surface area is 231 Å². The fourth-order valence-electron chi connectivity index (χ4n) is 2.93. The average molecular weight is 591 g/mol. The van der Waals surface area contributed by atoms with Crippen molar-refractivity contribution in [2.75, 3.05) is 79.3 Å². The van der Waals surface area contributed by atoms with Crippen molar-refractivity contribution in [3.8, 4) is 0 Å². The summed E-state index contributed by atoms with van der Waals surface area (Å²) in [6, 6.07) is 12.9. The Kier molecular flexibility index (Phi) is 15.7. The fourth-order valence-corrected chi connectivity index (χ4v) is 4.72. The van der Waals surface area contributed by atoms with Gasteiger partial charge in [-0.1, -0.05) is 35.4 Å². The topological polar surface area (TPSA) is 133 Å². The Hall–Kier alpha value is -1.94. The Bertz CT molecular complexity index is 1040. The predicted molar refractivity (Wildman–Crippen MR) is 143 cm³/mol. The summed E-state index contributed by atoms with van der Waals surface area (Å²) in [7, 11) is -7.57. The molecule has 11 nitrogen and oxygen atoms in total. The van der Waals surface area contributed by atoms with Crippen LogP contribution in [0.4, 0.5) is 0 Å². The van der Waals surface area contributed by atoms with Crippen molar-refractivity contribution in [3.05, 3.63) is 59.7 Å². The summed E-state index contributed by atoms with van der Waals surface area (Å²) in [5, 5.41) is 0. The molecular weight excluding hydrogens is 552 g/mol. The summed E-state index contributed by atoms with van der Waals surface area (Å²) in [6.45, 7) is 6.72. The normalized spacial score (nSPS) is 12.2. The first-order valence-electron chi connectivity index (χ1n) is 12.5. The first-order chi connectivity index (χ1) is 18.7. The van der Waals surface area contributed by atoms with E-state index >= 15 is 0 Å². The molecule has 2 aromatic carbocycles. The summed E-state index contributed by atoms with van der Waals surface area (Å²) < 4.78 is 84.8. The highest BCUT2D eigenvalue weighted by molar-refractivity contribution is 7.87. The summed E-state index contributed by atoms with van der Waals surface area (Å²) in [6.07, 6.45) is 0. The molecule has 0 fully saturated rings. The zero-order chi connectivity index (χ0) is 28.4. The number of hydrogen-bond donors (Lipinski definition) is 0. The number of rotatable bonds is 22. The van der Waals surface area contributed by atoms with E-state index in [1.165, 1.54) is 24.3 Å². The first kappa shape index (κ1) is 33.3. The lowest BCUT2D eigenvalue weighted by molar-refractivity contribution is -0.0139. The van der Waals surface area contributed by atoms with Gasteiger partial charge in [-0.25, -0.2) is 0 Å². The highest BCUT2D eigenvalue weighted by atomic mass is 32.2. The minimum atomic E-state index is -3.78. The van der Waals surface area contributed by atoms with Crippen molar-refractivity contribution in [2.45, 2.75) is 23.6 Å². The fraction of sp³-hybridized carbons (Fsp3) is 0.538. The third kappa shape index (κ3) is 14.3. The average Bonchev–Trinajstić information content (AvgIpc) is 2.90. The second-order valence-electron chi connectivity index (χ2n) is 8.24. The van der Waals surface area contributed by atoms with Crippen molar-refractivity contribution in [1.82, 2.24) is 0 Å². The van der Waals surface area contributed by atoms with Gasteiger partial charge in [0.1, 0.15) is 0 Å². The third-order valence-electron chi connectivity index (χ3n) is 5.04. The molecule has 0 unspecified atom stereocenters. The molecule has 220 valence electrons. The van der Waals surface area contributed by atoms with Crippen molar-refractivity contribution < 1.29 is 48.9 Å². The molecule has 0 atom stereocenters. The minimum absolute atomic E-state index is 0.0753. The second-order valence-corrected chi connectivity index (χ2v) is 11.5. The van der Waals surface area contributed by atoms with E-state index in [-0.39, 0.29) is 36.2 Å². The number of ether oxygens (including phenoxy) is 5. The van der Waals surface area contributed by atoms with Crippen LogP contribution in [-0.4, -0.2) is 96.1 Å². The summed E-state index contributed by atoms with van der Waals surface area (Å²) in [5.41, 5.74) is 1.93. The Morgan fingerprint density at radius 2 is 0.641 bits per heavy atom. The van der Waals surface area contributed by atoms with Gasteiger partial charge >= 0.3 is 0 Å². The molecule has 0 heterocycles. The van der Waals surface area contributed by atoms with E-state index in [4.69, 9.17) is 32.1 Å². The van der Waals surface area contributed by atoms with Crippen LogP contribution in [-0.2, 0) is 52.3 Å². The van der Waals surface area contributed by atoms with E-state index < -0.39 is 20.2 Å². The Balaban J connectivity index is 1.32. The quantitative estimate of drug-likeness (QED) is 0.148. The van der Waals surface area contributed by atoms with Crippen LogP contribution < -0.4 is 0 Å². The Morgan fingerprint density at radius 3 is 0.897 bits per heavy atom. The molecule has 2 aromatic rings. The number of hydrogen-bond acceptors (Lipinski definition) is 11. The lowest BCUT2D eigenvalue weighted by atomic mass is 10.2. The summed E-state index contributed by atoms with van der Waals surface area (Å²) in [5.74, 6) is 0. The van der Waals surface area contributed by atoms with Gasteiger partial charge in [0.25, 0.3) is 20.2 Å². The molecule has 0 bridgehead atoms. The van der Waals surface area contributed by atoms with Crippen LogP contribution in [0.25, 0.3) is 0 Å². The molecule has 0 saturated heterocycles. The minimum Gasteiger partial charge on any atom is -0.377 e. The van der Waals surface area contributed by atoms with Gasteiger partial charge in [-0.05, 0) is 38.1 Å². The maximum absolute atomic E-state index is 12.0. The largest absolute Gasteiger partial charge is 0.377 e. The first-order valence-corrected chi connectivity index (χ1v) is 15.3. The van der Waals surface area contributed by atoms with Crippen LogP contribution >= 0.6 is 0 Å². The van der Waals surface area contributed by atoms with E-state index in [0.717, 1.165) is 11.1 Å². The van der Waals surface area contributed by atoms with Gasteiger partial charge in [-0.3, -0.25) is 8.37 Å². The number of aryl methyl sites for hydroxylation is 2. The molecule has 0 aliphatic rings. The van der Waals surface area contributed by atoms with Crippen LogP contribution in [0.15, 0.2) is 58.3 Å². The van der Waals surface area contributed by atoms with Gasteiger partial charge < -0.3 is 23.7 Å². The third-order valence-corrected chi connectivity index (χ3v) is 7.69. The predicted octanol–water partition coefficient (Wildman–Crippen LogP) is 2.50. The zero-order valence-corrected chi connectivity index (χ0v) is 24.0. The SMILES string of the molecule is Cc1ccc(S(=O)(=O)OCCOCCOCCOCCOCCOCCOS(=O)(=O)c2ccc(C)cc2)cc1. The molecule has 2 rings (SSSR count). The maximum Gasteiger partial charge on any atom is 0.297 e. The molecular formula is C26H38O11S2. The van der Waals surface area contributed by atoms with Gasteiger partial charge in [-0.2, -0.15) is 16.8 Å². The van der Waals surface area contributed by atoms with Crippen LogP contribution in [0.2, 0.25) is 0 Å². The van der Waals surface area contributed by atoms with Gasteiger partial charge in [0.2, 0.25) is 0 Å². The molecule has 13 heteroatoms. The highest BCUT2D eigenvalue weighted by Gasteiger charge is 2.15. The second kappa shape index (κ2) is 18.4. The zero-order valence-electron chi connectivity index (χ0n) is 22.4. The monoisotopic (exact) mass is 590 g/mol. The van der Waals surface area contributed by atoms with Crippen LogP contribution in [0, 0.1) is 13.8 Å². The lowest BCUT2D eigenvalue weighted by Crippen LogP contribution is -2.15. The molecule has 39 heavy (non-hydrogen) atoms. The van der Waals surface area contributed by atoms with Crippen molar-refractivity contribution in [2.24, 2.45) is 0 Å². The number of benzene rings is 2. The van der Waals surface area contributed by atoms with E-state index in [1.807, 2.05) is 13.8 Å². The van der Waals surface area contributed by atoms with Gasteiger partial charge in [0, 0.05) is 0 Å². The van der Waals surface area contributed by atoms with Crippen LogP contribution in [0.5, 0.6) is 0 Å². The Morgan fingerprint density at radius 1 is 0.410 bits per heavy atom. The molecule has 0 amide bonds. The maximum atomic E-state index is 12.0. The van der Waals surface area contributed by atoms with E-state index in [9.17, 15) is 16.8 Å². The van der Waals surface area contributed by atoms with E-state index in [0.29, 0.717) is 52.9 Å². The smallest absolute Gasteiger partial charge is 0.297 e. The molecule has 0 aromatic heterocycles. The highest BCUT2D eigenvalue weighted by Crippen LogP contribution is 2.14. The van der Waals surface area contributed by atoms with Gasteiger partial charge in [-0.15, -0.1) is 0 Å². The molecule has 0 saturated carbocycles. The van der Waals surface area contributed by atoms with Gasteiger partial charge in [0.15, 0.2) is 0 Å². The summed E-state index contributed by atoms with van der Waals surface area (Å²) in [4.78, 5) is 0.231. The van der Waals surface area contributed by atoms with Crippen molar-refractivity contribution in [1.29, 1.82) is 0 Å². The lowest BCUT2D eigenvalue weighted by Gasteiger charge is -2.09. The van der Waals surface area contributed by atoms with Crippen molar-refractivity contribution in [3.63, 3.8) is 0 Å². The van der Waals surface area contributed by atoms with Crippen LogP contribution in [0.3, 0.4) is 0 Å². The summed E-state index contributed by atoms with van der Waals surface area (Å²) >= 11 is 0. The molecule has 0 spiro atoms.